The Balaban J connectivity index is 1.56. The molecule has 0 saturated heterocycles. The topological polar surface area (TPSA) is 152 Å². The summed E-state index contributed by atoms with van der Waals surface area (Å²) in [6, 6.07) is 0. The highest BCUT2D eigenvalue weighted by molar-refractivity contribution is 6.01. The smallest absolute Gasteiger partial charge is 0.303 e. The highest BCUT2D eigenvalue weighted by Crippen LogP contribution is 2.65. The first-order valence-corrected chi connectivity index (χ1v) is 12.6. The third-order valence-electron chi connectivity index (χ3n) is 9.17. The Morgan fingerprint density at radius 2 is 1.89 bits per heavy atom. The van der Waals surface area contributed by atoms with E-state index in [1.165, 1.54) is 12.2 Å². The second kappa shape index (κ2) is 9.07. The standard InChI is InChI=1S/C27H36O8/c1-25-11-10-16(28)12-15(25)8-9-17-18-13-21(31)27(35,26(18,2)14-20(30)23(17)25)24(34)19(29)6-4-3-5-7-22(32)33/h10-13,17,19-21,23,29-31,35H,3-9,14H2,1-2H3,(H,32,33)/t17-,19?,20-,21+,23+,25-,26-,27-/m0/s1. The van der Waals surface area contributed by atoms with Crippen molar-refractivity contribution in [3.05, 3.63) is 35.5 Å². The summed E-state index contributed by atoms with van der Waals surface area (Å²) in [5.74, 6) is -2.31. The van der Waals surface area contributed by atoms with Crippen molar-refractivity contribution < 1.29 is 39.9 Å². The maximum atomic E-state index is 13.4. The van der Waals surface area contributed by atoms with Gasteiger partial charge in [0.25, 0.3) is 0 Å². The summed E-state index contributed by atoms with van der Waals surface area (Å²) in [6.07, 6.45) is 5.35. The molecule has 4 rings (SSSR count). The number of unbranched alkanes of at least 4 members (excludes halogenated alkanes) is 2. The van der Waals surface area contributed by atoms with Crippen molar-refractivity contribution in [3.63, 3.8) is 0 Å². The Morgan fingerprint density at radius 3 is 2.57 bits per heavy atom. The van der Waals surface area contributed by atoms with Gasteiger partial charge in [0.1, 0.15) is 12.2 Å². The summed E-state index contributed by atoms with van der Waals surface area (Å²) in [4.78, 5) is 36.0. The number of ketones is 2. The maximum absolute atomic E-state index is 13.4. The first kappa shape index (κ1) is 25.9. The van der Waals surface area contributed by atoms with Crippen molar-refractivity contribution in [2.24, 2.45) is 22.7 Å². The highest BCUT2D eigenvalue weighted by Gasteiger charge is 2.68. The quantitative estimate of drug-likeness (QED) is 0.256. The Bertz CT molecular complexity index is 1010. The number of allylic oxidation sites excluding steroid dienone is 4. The number of aliphatic hydroxyl groups excluding tert-OH is 3. The van der Waals surface area contributed by atoms with Crippen LogP contribution in [-0.2, 0) is 14.4 Å². The van der Waals surface area contributed by atoms with Gasteiger partial charge in [-0.3, -0.25) is 14.4 Å². The van der Waals surface area contributed by atoms with Crippen LogP contribution in [0.4, 0.5) is 0 Å². The lowest BCUT2D eigenvalue weighted by Gasteiger charge is -2.58. The molecule has 2 fully saturated rings. The zero-order valence-corrected chi connectivity index (χ0v) is 20.3. The van der Waals surface area contributed by atoms with Crippen LogP contribution in [-0.4, -0.2) is 67.0 Å². The van der Waals surface area contributed by atoms with Gasteiger partial charge in [-0.2, -0.15) is 0 Å². The lowest BCUT2D eigenvalue weighted by Crippen LogP contribution is -2.64. The molecule has 0 aromatic carbocycles. The van der Waals surface area contributed by atoms with Gasteiger partial charge in [-0.05, 0) is 50.2 Å². The minimum Gasteiger partial charge on any atom is -0.481 e. The van der Waals surface area contributed by atoms with Gasteiger partial charge < -0.3 is 25.5 Å². The Morgan fingerprint density at radius 1 is 1.17 bits per heavy atom. The summed E-state index contributed by atoms with van der Waals surface area (Å²) in [7, 11) is 0. The molecule has 4 aliphatic carbocycles. The minimum atomic E-state index is -2.27. The number of aliphatic hydroxyl groups is 4. The predicted molar refractivity (Wildman–Crippen MR) is 126 cm³/mol. The van der Waals surface area contributed by atoms with Crippen LogP contribution in [0.1, 0.15) is 65.2 Å². The second-order valence-corrected chi connectivity index (χ2v) is 11.2. The average molecular weight is 489 g/mol. The average Bonchev–Trinajstić information content (AvgIpc) is 2.99. The number of Topliss-reactive ketones (excluding diaryl/α,β-unsaturated/α-hetero) is 1. The van der Waals surface area contributed by atoms with E-state index in [1.54, 1.807) is 13.0 Å². The maximum Gasteiger partial charge on any atom is 0.303 e. The summed E-state index contributed by atoms with van der Waals surface area (Å²) >= 11 is 0. The SMILES string of the molecule is C[C@]12C=CC(=O)C=C1CC[C@H]1C3=C[C@@H](O)[C@](O)(C(=O)C(O)CCCCCC(=O)O)[C@@]3(C)C[C@H](O)[C@@H]12. The van der Waals surface area contributed by atoms with Gasteiger partial charge in [0.2, 0.25) is 0 Å². The van der Waals surface area contributed by atoms with Crippen LogP contribution < -0.4 is 0 Å². The highest BCUT2D eigenvalue weighted by atomic mass is 16.4. The number of aliphatic carboxylic acids is 1. The lowest BCUT2D eigenvalue weighted by atomic mass is 9.47. The molecular weight excluding hydrogens is 452 g/mol. The van der Waals surface area contributed by atoms with Crippen molar-refractivity contribution in [1.29, 1.82) is 0 Å². The molecule has 8 heteroatoms. The minimum absolute atomic E-state index is 0.0116. The molecule has 0 bridgehead atoms. The van der Waals surface area contributed by atoms with Crippen molar-refractivity contribution in [3.8, 4) is 0 Å². The molecule has 1 unspecified atom stereocenters. The van der Waals surface area contributed by atoms with Crippen LogP contribution in [0.5, 0.6) is 0 Å². The first-order valence-electron chi connectivity index (χ1n) is 12.6. The van der Waals surface area contributed by atoms with Crippen LogP contribution in [0.25, 0.3) is 0 Å². The fraction of sp³-hybridized carbons (Fsp3) is 0.667. The third-order valence-corrected chi connectivity index (χ3v) is 9.17. The molecule has 35 heavy (non-hydrogen) atoms. The molecule has 0 aliphatic heterocycles. The predicted octanol–water partition coefficient (Wildman–Crippen LogP) is 1.85. The number of carbonyl (C=O) groups excluding carboxylic acids is 2. The largest absolute Gasteiger partial charge is 0.481 e. The van der Waals surface area contributed by atoms with Gasteiger partial charge in [-0.1, -0.05) is 50.0 Å². The normalized spacial score (nSPS) is 40.8. The van der Waals surface area contributed by atoms with Gasteiger partial charge in [0.15, 0.2) is 17.2 Å². The van der Waals surface area contributed by atoms with Crippen LogP contribution in [0.2, 0.25) is 0 Å². The molecule has 0 spiro atoms. The van der Waals surface area contributed by atoms with E-state index >= 15 is 0 Å². The number of carboxylic acid groups (broad SMARTS) is 1. The molecule has 8 atom stereocenters. The van der Waals surface area contributed by atoms with E-state index in [0.717, 1.165) is 11.1 Å². The number of carbonyl (C=O) groups is 3. The van der Waals surface area contributed by atoms with E-state index < -0.39 is 46.5 Å². The van der Waals surface area contributed by atoms with Crippen LogP contribution in [0.3, 0.4) is 0 Å². The van der Waals surface area contributed by atoms with E-state index in [4.69, 9.17) is 5.11 Å². The van der Waals surface area contributed by atoms with Gasteiger partial charge >= 0.3 is 5.97 Å². The van der Waals surface area contributed by atoms with Gasteiger partial charge in [-0.15, -0.1) is 0 Å². The number of hydrogen-bond donors (Lipinski definition) is 5. The first-order chi connectivity index (χ1) is 16.4. The molecule has 0 aromatic rings. The van der Waals surface area contributed by atoms with Crippen LogP contribution in [0.15, 0.2) is 35.5 Å². The van der Waals surface area contributed by atoms with E-state index in [9.17, 15) is 34.8 Å². The molecular formula is C27H36O8. The van der Waals surface area contributed by atoms with E-state index in [-0.39, 0.29) is 36.9 Å². The number of fused-ring (bicyclic) bond motifs is 5. The van der Waals surface area contributed by atoms with Crippen LogP contribution in [0, 0.1) is 22.7 Å². The number of hydrogen-bond acceptors (Lipinski definition) is 7. The molecule has 8 nitrogen and oxygen atoms in total. The van der Waals surface area contributed by atoms with Gasteiger partial charge in [0, 0.05) is 23.2 Å². The summed E-state index contributed by atoms with van der Waals surface area (Å²) < 4.78 is 0. The van der Waals surface area contributed by atoms with E-state index in [1.807, 2.05) is 13.0 Å². The van der Waals surface area contributed by atoms with Crippen molar-refractivity contribution in [1.82, 2.24) is 0 Å². The van der Waals surface area contributed by atoms with Crippen molar-refractivity contribution >= 4 is 17.5 Å². The zero-order valence-electron chi connectivity index (χ0n) is 20.3. The van der Waals surface area contributed by atoms with E-state index in [2.05, 4.69) is 0 Å². The van der Waals surface area contributed by atoms with Crippen LogP contribution >= 0.6 is 0 Å². The Kier molecular flexibility index (Phi) is 6.72. The fourth-order valence-electron chi connectivity index (χ4n) is 7.30. The molecule has 192 valence electrons. The molecule has 0 heterocycles. The fourth-order valence-corrected chi connectivity index (χ4v) is 7.30. The second-order valence-electron chi connectivity index (χ2n) is 11.2. The summed E-state index contributed by atoms with van der Waals surface area (Å²) in [5, 5.41) is 53.4. The molecule has 2 saturated carbocycles. The van der Waals surface area contributed by atoms with Crippen molar-refractivity contribution in [2.75, 3.05) is 0 Å². The summed E-state index contributed by atoms with van der Waals surface area (Å²) in [5.41, 5.74) is -2.36. The van der Waals surface area contributed by atoms with E-state index in [0.29, 0.717) is 32.1 Å². The number of rotatable bonds is 8. The lowest BCUT2D eigenvalue weighted by molar-refractivity contribution is -0.180. The Hall–Kier alpha value is -2.13. The number of carboxylic acids is 1. The molecule has 0 amide bonds. The van der Waals surface area contributed by atoms with Gasteiger partial charge in [-0.25, -0.2) is 0 Å². The zero-order chi connectivity index (χ0) is 25.8. The molecule has 0 radical (unpaired) electrons. The van der Waals surface area contributed by atoms with Crippen molar-refractivity contribution in [2.45, 2.75) is 89.1 Å². The Labute approximate surface area is 205 Å². The molecule has 0 aromatic heterocycles. The summed E-state index contributed by atoms with van der Waals surface area (Å²) in [6.45, 7) is 3.68. The van der Waals surface area contributed by atoms with Gasteiger partial charge in [0.05, 0.1) is 6.10 Å². The monoisotopic (exact) mass is 488 g/mol. The molecule has 4 aliphatic rings. The third kappa shape index (κ3) is 3.95. The molecule has 5 N–H and O–H groups in total.